The zero-order valence-electron chi connectivity index (χ0n) is 14.0. The van der Waals surface area contributed by atoms with E-state index in [0.29, 0.717) is 25.1 Å². The van der Waals surface area contributed by atoms with Gasteiger partial charge in [-0.05, 0) is 37.8 Å². The van der Waals surface area contributed by atoms with Crippen LogP contribution in [0.25, 0.3) is 0 Å². The molecule has 5 heteroatoms. The van der Waals surface area contributed by atoms with E-state index in [0.717, 1.165) is 49.4 Å². The maximum atomic E-state index is 12.1. The van der Waals surface area contributed by atoms with Crippen LogP contribution in [0.3, 0.4) is 0 Å². The average molecular weight is 318 g/mol. The Bertz CT molecular complexity index is 551. The van der Waals surface area contributed by atoms with Crippen LogP contribution in [0.2, 0.25) is 0 Å². The van der Waals surface area contributed by atoms with Crippen LogP contribution >= 0.6 is 0 Å². The lowest BCUT2D eigenvalue weighted by Crippen LogP contribution is -2.38. The highest BCUT2D eigenvalue weighted by molar-refractivity contribution is 5.74. The molecular weight excluding hydrogens is 292 g/mol. The first-order chi connectivity index (χ1) is 11.1. The number of benzene rings is 1. The molecular formula is C18H26N2O3. The molecule has 0 unspecified atom stereocenters. The fourth-order valence-corrected chi connectivity index (χ4v) is 2.79. The van der Waals surface area contributed by atoms with Crippen LogP contribution in [0.15, 0.2) is 18.2 Å². The molecule has 126 valence electrons. The van der Waals surface area contributed by atoms with E-state index in [1.807, 2.05) is 19.2 Å². The van der Waals surface area contributed by atoms with Gasteiger partial charge >= 0.3 is 6.03 Å². The lowest BCUT2D eigenvalue weighted by atomic mass is 10.1. The number of hydrogen-bond donors (Lipinski definition) is 1. The van der Waals surface area contributed by atoms with Crippen LogP contribution in [-0.2, 0) is 11.3 Å². The van der Waals surface area contributed by atoms with Crippen molar-refractivity contribution in [3.63, 3.8) is 0 Å². The first kappa shape index (κ1) is 16.1. The minimum Gasteiger partial charge on any atom is -0.493 e. The fraction of sp³-hybridized carbons (Fsp3) is 0.611. The standard InChI is InChI=1S/C18H26N2O3/c1-13-3-4-15(10-19-18(21)20(2)16-5-6-16)17(9-13)23-12-14-7-8-22-11-14/h3-4,9,14,16H,5-8,10-12H2,1-2H3,(H,19,21)/t14-/m1/s1. The highest BCUT2D eigenvalue weighted by Gasteiger charge is 2.29. The number of carbonyl (C=O) groups excluding carboxylic acids is 1. The van der Waals surface area contributed by atoms with Gasteiger partial charge in [0, 0.05) is 37.7 Å². The van der Waals surface area contributed by atoms with Crippen molar-refractivity contribution in [1.29, 1.82) is 0 Å². The molecule has 1 aliphatic heterocycles. The lowest BCUT2D eigenvalue weighted by Gasteiger charge is -2.19. The minimum atomic E-state index is -0.0109. The van der Waals surface area contributed by atoms with Crippen molar-refractivity contribution < 1.29 is 14.3 Å². The molecule has 23 heavy (non-hydrogen) atoms. The maximum absolute atomic E-state index is 12.1. The van der Waals surface area contributed by atoms with Gasteiger partial charge in [-0.25, -0.2) is 4.79 Å². The second-order valence-electron chi connectivity index (χ2n) is 6.65. The number of ether oxygens (including phenoxy) is 2. The van der Waals surface area contributed by atoms with Gasteiger partial charge in [0.2, 0.25) is 0 Å². The Hall–Kier alpha value is -1.75. The molecule has 2 fully saturated rings. The molecule has 1 saturated heterocycles. The number of nitrogens with zero attached hydrogens (tertiary/aromatic N) is 1. The van der Waals surface area contributed by atoms with E-state index in [2.05, 4.69) is 18.3 Å². The molecule has 0 bridgehead atoms. The quantitative estimate of drug-likeness (QED) is 0.877. The van der Waals surface area contributed by atoms with E-state index in [1.165, 1.54) is 0 Å². The topological polar surface area (TPSA) is 50.8 Å². The molecule has 2 aliphatic rings. The van der Waals surface area contributed by atoms with Gasteiger partial charge in [0.25, 0.3) is 0 Å². The molecule has 2 amide bonds. The molecule has 0 radical (unpaired) electrons. The molecule has 0 spiro atoms. The van der Waals surface area contributed by atoms with Crippen molar-refractivity contribution in [2.75, 3.05) is 26.9 Å². The summed E-state index contributed by atoms with van der Waals surface area (Å²) in [5.41, 5.74) is 2.18. The Kier molecular flexibility index (Phi) is 5.06. The predicted octanol–water partition coefficient (Wildman–Crippen LogP) is 2.71. The van der Waals surface area contributed by atoms with Gasteiger partial charge in [-0.1, -0.05) is 12.1 Å². The number of nitrogens with one attached hydrogen (secondary N) is 1. The minimum absolute atomic E-state index is 0.0109. The molecule has 1 N–H and O–H groups in total. The van der Waals surface area contributed by atoms with E-state index < -0.39 is 0 Å². The zero-order valence-corrected chi connectivity index (χ0v) is 14.0. The number of rotatable bonds is 6. The number of hydrogen-bond acceptors (Lipinski definition) is 3. The Morgan fingerprint density at radius 3 is 2.91 bits per heavy atom. The van der Waals surface area contributed by atoms with Gasteiger partial charge in [0.15, 0.2) is 0 Å². The molecule has 1 aromatic rings. The van der Waals surface area contributed by atoms with Crippen LogP contribution in [-0.4, -0.2) is 43.8 Å². The van der Waals surface area contributed by atoms with Crippen LogP contribution in [0.5, 0.6) is 5.75 Å². The number of aryl methyl sites for hydroxylation is 1. The van der Waals surface area contributed by atoms with Crippen LogP contribution in [0.1, 0.15) is 30.4 Å². The third-order valence-electron chi connectivity index (χ3n) is 4.57. The Morgan fingerprint density at radius 2 is 2.22 bits per heavy atom. The average Bonchev–Trinajstić information content (AvgIpc) is 3.27. The molecule has 5 nitrogen and oxygen atoms in total. The summed E-state index contributed by atoms with van der Waals surface area (Å²) >= 11 is 0. The zero-order chi connectivity index (χ0) is 16.2. The summed E-state index contributed by atoms with van der Waals surface area (Å²) in [4.78, 5) is 13.9. The van der Waals surface area contributed by atoms with Gasteiger partial charge in [-0.3, -0.25) is 0 Å². The summed E-state index contributed by atoms with van der Waals surface area (Å²) in [6.07, 6.45) is 3.29. The summed E-state index contributed by atoms with van der Waals surface area (Å²) in [5, 5.41) is 2.99. The summed E-state index contributed by atoms with van der Waals surface area (Å²) in [6, 6.07) is 6.54. The Balaban J connectivity index is 1.57. The number of urea groups is 1. The second kappa shape index (κ2) is 7.21. The van der Waals surface area contributed by atoms with Crippen molar-refractivity contribution in [1.82, 2.24) is 10.2 Å². The third kappa shape index (κ3) is 4.38. The molecule has 1 aliphatic carbocycles. The van der Waals surface area contributed by atoms with E-state index in [1.54, 1.807) is 4.90 Å². The molecule has 1 atom stereocenters. The second-order valence-corrected chi connectivity index (χ2v) is 6.65. The van der Waals surface area contributed by atoms with Gasteiger partial charge in [-0.15, -0.1) is 0 Å². The molecule has 1 saturated carbocycles. The Morgan fingerprint density at radius 1 is 1.39 bits per heavy atom. The van der Waals surface area contributed by atoms with E-state index in [-0.39, 0.29) is 6.03 Å². The first-order valence-electron chi connectivity index (χ1n) is 8.44. The van der Waals surface area contributed by atoms with Crippen molar-refractivity contribution >= 4 is 6.03 Å². The smallest absolute Gasteiger partial charge is 0.317 e. The first-order valence-corrected chi connectivity index (χ1v) is 8.44. The highest BCUT2D eigenvalue weighted by atomic mass is 16.5. The van der Waals surface area contributed by atoms with Crippen molar-refractivity contribution in [2.24, 2.45) is 5.92 Å². The highest BCUT2D eigenvalue weighted by Crippen LogP contribution is 2.26. The van der Waals surface area contributed by atoms with Gasteiger partial charge in [-0.2, -0.15) is 0 Å². The van der Waals surface area contributed by atoms with Crippen molar-refractivity contribution in [3.05, 3.63) is 29.3 Å². The summed E-state index contributed by atoms with van der Waals surface area (Å²) < 4.78 is 11.4. The van der Waals surface area contributed by atoms with Gasteiger partial charge in [0.05, 0.1) is 13.2 Å². The summed E-state index contributed by atoms with van der Waals surface area (Å²) in [7, 11) is 1.86. The van der Waals surface area contributed by atoms with Crippen molar-refractivity contribution in [3.8, 4) is 5.75 Å². The Labute approximate surface area is 137 Å². The number of amides is 2. The predicted molar refractivity (Wildman–Crippen MR) is 88.6 cm³/mol. The fourth-order valence-electron chi connectivity index (χ4n) is 2.79. The monoisotopic (exact) mass is 318 g/mol. The lowest BCUT2D eigenvalue weighted by molar-refractivity contribution is 0.166. The van der Waals surface area contributed by atoms with Crippen LogP contribution in [0.4, 0.5) is 4.79 Å². The van der Waals surface area contributed by atoms with E-state index in [9.17, 15) is 4.79 Å². The molecule has 3 rings (SSSR count). The van der Waals surface area contributed by atoms with Crippen molar-refractivity contribution in [2.45, 2.75) is 38.8 Å². The van der Waals surface area contributed by atoms with Crippen LogP contribution < -0.4 is 10.1 Å². The SMILES string of the molecule is Cc1ccc(CNC(=O)N(C)C2CC2)c(OC[C@@H]2CCOC2)c1. The van der Waals surface area contributed by atoms with Gasteiger partial charge in [0.1, 0.15) is 5.75 Å². The largest absolute Gasteiger partial charge is 0.493 e. The normalized spacial score (nSPS) is 20.3. The summed E-state index contributed by atoms with van der Waals surface area (Å²) in [6.45, 7) is 4.83. The maximum Gasteiger partial charge on any atom is 0.317 e. The molecule has 1 heterocycles. The van der Waals surface area contributed by atoms with E-state index in [4.69, 9.17) is 9.47 Å². The van der Waals surface area contributed by atoms with E-state index >= 15 is 0 Å². The number of carbonyl (C=O) groups is 1. The van der Waals surface area contributed by atoms with Gasteiger partial charge < -0.3 is 19.7 Å². The van der Waals surface area contributed by atoms with Crippen LogP contribution in [0, 0.1) is 12.8 Å². The third-order valence-corrected chi connectivity index (χ3v) is 4.57. The molecule has 0 aromatic heterocycles. The molecule has 1 aromatic carbocycles. The summed E-state index contributed by atoms with van der Waals surface area (Å²) in [5.74, 6) is 1.34.